The normalized spacial score (nSPS) is 12.8. The van der Waals surface area contributed by atoms with Crippen LogP contribution >= 0.6 is 15.9 Å². The van der Waals surface area contributed by atoms with Crippen molar-refractivity contribution < 1.29 is 18.7 Å². The van der Waals surface area contributed by atoms with E-state index in [2.05, 4.69) is 15.9 Å². The lowest BCUT2D eigenvalue weighted by Crippen LogP contribution is -2.31. The molecule has 0 N–H and O–H groups in total. The highest BCUT2D eigenvalue weighted by atomic mass is 79.9. The lowest BCUT2D eigenvalue weighted by molar-refractivity contribution is 0.0748. The van der Waals surface area contributed by atoms with E-state index in [0.29, 0.717) is 47.8 Å². The summed E-state index contributed by atoms with van der Waals surface area (Å²) >= 11 is 3.26. The molecule has 0 spiro atoms. The van der Waals surface area contributed by atoms with Crippen LogP contribution in [-0.4, -0.2) is 30.6 Å². The van der Waals surface area contributed by atoms with Gasteiger partial charge in [0.15, 0.2) is 11.5 Å². The number of carbonyl (C=O) groups excluding carboxylic acids is 1. The van der Waals surface area contributed by atoms with Gasteiger partial charge in [-0.25, -0.2) is 4.39 Å². The fourth-order valence-electron chi connectivity index (χ4n) is 2.62. The molecular weight excluding hydrogens is 377 g/mol. The van der Waals surface area contributed by atoms with E-state index in [9.17, 15) is 9.18 Å². The first-order valence-electron chi connectivity index (χ1n) is 7.72. The van der Waals surface area contributed by atoms with Gasteiger partial charge in [0.25, 0.3) is 5.91 Å². The van der Waals surface area contributed by atoms with Crippen LogP contribution in [0.3, 0.4) is 0 Å². The number of fused-ring (bicyclic) bond motifs is 1. The molecule has 1 heterocycles. The summed E-state index contributed by atoms with van der Waals surface area (Å²) in [4.78, 5) is 14.5. The number of para-hydroxylation sites is 1. The highest BCUT2D eigenvalue weighted by molar-refractivity contribution is 9.10. The molecule has 24 heavy (non-hydrogen) atoms. The number of halogens is 2. The second-order valence-electron chi connectivity index (χ2n) is 5.38. The van der Waals surface area contributed by atoms with Crippen LogP contribution in [0.25, 0.3) is 0 Å². The summed E-state index contributed by atoms with van der Waals surface area (Å²) in [6, 6.07) is 9.73. The molecule has 0 fully saturated rings. The number of hydrogen-bond donors (Lipinski definition) is 0. The first-order chi connectivity index (χ1) is 11.6. The van der Waals surface area contributed by atoms with Crippen LogP contribution in [0.1, 0.15) is 22.8 Å². The fourth-order valence-corrected chi connectivity index (χ4v) is 3.15. The molecule has 1 amide bonds. The summed E-state index contributed by atoms with van der Waals surface area (Å²) in [6.07, 6.45) is 0. The van der Waals surface area contributed by atoms with Gasteiger partial charge >= 0.3 is 0 Å². The predicted octanol–water partition coefficient (Wildman–Crippen LogP) is 4.02. The van der Waals surface area contributed by atoms with Gasteiger partial charge in [0.1, 0.15) is 19.0 Å². The number of nitrogens with zero attached hydrogens (tertiary/aromatic N) is 1. The molecule has 2 aromatic carbocycles. The predicted molar refractivity (Wildman–Crippen MR) is 91.9 cm³/mol. The lowest BCUT2D eigenvalue weighted by atomic mass is 10.1. The number of hydrogen-bond acceptors (Lipinski definition) is 3. The van der Waals surface area contributed by atoms with Crippen molar-refractivity contribution in [3.63, 3.8) is 0 Å². The highest BCUT2D eigenvalue weighted by Gasteiger charge is 2.21. The summed E-state index contributed by atoms with van der Waals surface area (Å²) in [5, 5.41) is 0. The maximum Gasteiger partial charge on any atom is 0.255 e. The molecule has 0 unspecified atom stereocenters. The van der Waals surface area contributed by atoms with E-state index >= 15 is 0 Å². The van der Waals surface area contributed by atoms with Crippen molar-refractivity contribution in [2.24, 2.45) is 0 Å². The third kappa shape index (κ3) is 3.38. The Bertz CT molecular complexity index is 766. The highest BCUT2D eigenvalue weighted by Crippen LogP contribution is 2.34. The Kier molecular flexibility index (Phi) is 5.04. The fraction of sp³-hybridized carbons (Fsp3) is 0.278. The Balaban J connectivity index is 1.86. The second kappa shape index (κ2) is 7.21. The second-order valence-corrected chi connectivity index (χ2v) is 6.24. The zero-order valence-electron chi connectivity index (χ0n) is 13.2. The minimum absolute atomic E-state index is 0.168. The molecule has 0 atom stereocenters. The van der Waals surface area contributed by atoms with E-state index < -0.39 is 0 Å². The molecule has 0 saturated carbocycles. The lowest BCUT2D eigenvalue weighted by Gasteiger charge is -2.25. The monoisotopic (exact) mass is 393 g/mol. The van der Waals surface area contributed by atoms with Crippen LogP contribution in [-0.2, 0) is 6.54 Å². The number of benzene rings is 2. The summed E-state index contributed by atoms with van der Waals surface area (Å²) in [7, 11) is 0. The van der Waals surface area contributed by atoms with E-state index in [1.165, 1.54) is 18.2 Å². The van der Waals surface area contributed by atoms with Gasteiger partial charge in [-0.05, 0) is 47.1 Å². The van der Waals surface area contributed by atoms with E-state index in [1.807, 2.05) is 25.1 Å². The molecule has 6 heteroatoms. The van der Waals surface area contributed by atoms with Crippen LogP contribution < -0.4 is 9.47 Å². The van der Waals surface area contributed by atoms with E-state index in [4.69, 9.17) is 9.47 Å². The zero-order chi connectivity index (χ0) is 17.1. The van der Waals surface area contributed by atoms with Gasteiger partial charge in [-0.1, -0.05) is 12.1 Å². The molecule has 2 aromatic rings. The SMILES string of the molecule is CCN(Cc1cccc2c1OCCO2)C(=O)c1ccc(F)cc1Br. The third-order valence-corrected chi connectivity index (χ3v) is 4.50. The van der Waals surface area contributed by atoms with Crippen molar-refractivity contribution in [2.75, 3.05) is 19.8 Å². The Labute approximate surface area is 148 Å². The Morgan fingerprint density at radius 2 is 2.04 bits per heavy atom. The van der Waals surface area contributed by atoms with Gasteiger partial charge in [-0.15, -0.1) is 0 Å². The summed E-state index contributed by atoms with van der Waals surface area (Å²) in [5.41, 5.74) is 1.32. The van der Waals surface area contributed by atoms with Crippen molar-refractivity contribution in [1.29, 1.82) is 0 Å². The van der Waals surface area contributed by atoms with E-state index in [0.717, 1.165) is 5.56 Å². The average molecular weight is 394 g/mol. The van der Waals surface area contributed by atoms with Crippen LogP contribution in [0.15, 0.2) is 40.9 Å². The maximum atomic E-state index is 13.2. The third-order valence-electron chi connectivity index (χ3n) is 3.84. The molecule has 1 aliphatic heterocycles. The Morgan fingerprint density at radius 3 is 2.79 bits per heavy atom. The molecule has 1 aliphatic rings. The molecular formula is C18H17BrFNO3. The Morgan fingerprint density at radius 1 is 1.25 bits per heavy atom. The molecule has 3 rings (SSSR count). The van der Waals surface area contributed by atoms with E-state index in [1.54, 1.807) is 4.90 Å². The van der Waals surface area contributed by atoms with Crippen LogP contribution in [0.4, 0.5) is 4.39 Å². The van der Waals surface area contributed by atoms with Gasteiger partial charge in [0.2, 0.25) is 0 Å². The molecule has 0 aliphatic carbocycles. The minimum atomic E-state index is -0.385. The number of amides is 1. The standard InChI is InChI=1S/C18H17BrFNO3/c1-2-21(18(22)14-7-6-13(20)10-15(14)19)11-12-4-3-5-16-17(12)24-9-8-23-16/h3-7,10H,2,8-9,11H2,1H3. The minimum Gasteiger partial charge on any atom is -0.486 e. The van der Waals surface area contributed by atoms with E-state index in [-0.39, 0.29) is 11.7 Å². The molecule has 126 valence electrons. The average Bonchev–Trinajstić information content (AvgIpc) is 2.59. The van der Waals surface area contributed by atoms with Crippen molar-refractivity contribution >= 4 is 21.8 Å². The number of ether oxygens (including phenoxy) is 2. The smallest absolute Gasteiger partial charge is 0.255 e. The van der Waals surface area contributed by atoms with Gasteiger partial charge in [-0.2, -0.15) is 0 Å². The first-order valence-corrected chi connectivity index (χ1v) is 8.51. The summed E-state index contributed by atoms with van der Waals surface area (Å²) in [5.74, 6) is 0.834. The van der Waals surface area contributed by atoms with Gasteiger partial charge < -0.3 is 14.4 Å². The van der Waals surface area contributed by atoms with Crippen LogP contribution in [0.5, 0.6) is 11.5 Å². The van der Waals surface area contributed by atoms with Gasteiger partial charge in [0.05, 0.1) is 5.56 Å². The number of carbonyl (C=O) groups is 1. The Hall–Kier alpha value is -2.08. The maximum absolute atomic E-state index is 13.2. The van der Waals surface area contributed by atoms with Gasteiger partial charge in [0, 0.05) is 23.1 Å². The van der Waals surface area contributed by atoms with Crippen molar-refractivity contribution in [2.45, 2.75) is 13.5 Å². The zero-order valence-corrected chi connectivity index (χ0v) is 14.8. The molecule has 0 aromatic heterocycles. The molecule has 0 saturated heterocycles. The van der Waals surface area contributed by atoms with Crippen LogP contribution in [0.2, 0.25) is 0 Å². The molecule has 4 nitrogen and oxygen atoms in total. The van der Waals surface area contributed by atoms with Gasteiger partial charge in [-0.3, -0.25) is 4.79 Å². The topological polar surface area (TPSA) is 38.8 Å². The van der Waals surface area contributed by atoms with Crippen molar-refractivity contribution in [3.8, 4) is 11.5 Å². The van der Waals surface area contributed by atoms with Crippen molar-refractivity contribution in [3.05, 3.63) is 57.8 Å². The largest absolute Gasteiger partial charge is 0.486 e. The summed E-state index contributed by atoms with van der Waals surface area (Å²) in [6.45, 7) is 3.84. The number of rotatable bonds is 4. The quantitative estimate of drug-likeness (QED) is 0.787. The first kappa shape index (κ1) is 16.8. The molecule has 0 radical (unpaired) electrons. The molecule has 0 bridgehead atoms. The van der Waals surface area contributed by atoms with Crippen molar-refractivity contribution in [1.82, 2.24) is 4.90 Å². The summed E-state index contributed by atoms with van der Waals surface area (Å²) < 4.78 is 25.0. The van der Waals surface area contributed by atoms with Crippen LogP contribution in [0, 0.1) is 5.82 Å².